The molecule has 1 saturated heterocycles. The summed E-state index contributed by atoms with van der Waals surface area (Å²) >= 11 is 0. The third-order valence-electron chi connectivity index (χ3n) is 9.46. The Morgan fingerprint density at radius 1 is 1.21 bits per heavy atom. The number of ether oxygens (including phenoxy) is 3. The molecule has 2 aliphatic heterocycles. The van der Waals surface area contributed by atoms with Gasteiger partial charge in [0, 0.05) is 48.5 Å². The van der Waals surface area contributed by atoms with Crippen molar-refractivity contribution in [2.75, 3.05) is 27.8 Å². The van der Waals surface area contributed by atoms with Gasteiger partial charge in [0.2, 0.25) is 0 Å². The Morgan fingerprint density at radius 2 is 2.03 bits per heavy atom. The maximum atomic E-state index is 12.3. The Morgan fingerprint density at radius 3 is 2.76 bits per heavy atom. The molecule has 0 N–H and O–H groups in total. The molecule has 1 aromatic rings. The van der Waals surface area contributed by atoms with Gasteiger partial charge in [-0.05, 0) is 44.5 Å². The highest BCUT2D eigenvalue weighted by atomic mass is 16.6. The fourth-order valence-electron chi connectivity index (χ4n) is 8.23. The summed E-state index contributed by atoms with van der Waals surface area (Å²) in [5, 5.41) is 0. The molecule has 0 radical (unpaired) electrons. The lowest BCUT2D eigenvalue weighted by molar-refractivity contribution is -0.217. The minimum absolute atomic E-state index is 0.00528. The Hall–Kier alpha value is -1.85. The highest BCUT2D eigenvalue weighted by molar-refractivity contribution is 5.96. The number of hydrogen-bond acceptors (Lipinski definition) is 5. The number of carbonyl (C=O) groups is 1. The predicted molar refractivity (Wildman–Crippen MR) is 106 cm³/mol. The summed E-state index contributed by atoms with van der Waals surface area (Å²) in [4.78, 5) is 14.8. The average Bonchev–Trinajstić information content (AvgIpc) is 3.35. The number of hydrogen-bond donors (Lipinski definition) is 0. The maximum Gasteiger partial charge on any atom is 0.142 e. The molecular formula is C24H27NO4. The van der Waals surface area contributed by atoms with E-state index in [-0.39, 0.29) is 28.8 Å². The number of carbonyl (C=O) groups excluding carboxylic acids is 1. The number of ketones is 1. The molecule has 0 aromatic heterocycles. The van der Waals surface area contributed by atoms with Crippen LogP contribution in [-0.4, -0.2) is 56.2 Å². The Labute approximate surface area is 171 Å². The number of rotatable bonds is 3. The van der Waals surface area contributed by atoms with Crippen LogP contribution in [0.2, 0.25) is 0 Å². The number of nitrogens with zero attached hydrogens (tertiary/aromatic N) is 1. The number of benzene rings is 1. The van der Waals surface area contributed by atoms with Crippen LogP contribution >= 0.6 is 0 Å². The molecule has 5 heteroatoms. The van der Waals surface area contributed by atoms with E-state index in [2.05, 4.69) is 36.2 Å². The van der Waals surface area contributed by atoms with Crippen LogP contribution in [0.3, 0.4) is 0 Å². The van der Waals surface area contributed by atoms with Crippen molar-refractivity contribution >= 4 is 5.78 Å². The van der Waals surface area contributed by atoms with E-state index in [1.54, 1.807) is 7.11 Å². The molecule has 152 valence electrons. The van der Waals surface area contributed by atoms with E-state index >= 15 is 0 Å². The smallest absolute Gasteiger partial charge is 0.142 e. The molecule has 0 amide bonds. The van der Waals surface area contributed by atoms with Gasteiger partial charge in [0.05, 0.1) is 12.5 Å². The first kappa shape index (κ1) is 16.9. The van der Waals surface area contributed by atoms with Gasteiger partial charge in [-0.25, -0.2) is 0 Å². The summed E-state index contributed by atoms with van der Waals surface area (Å²) in [6.07, 6.45) is 8.48. The van der Waals surface area contributed by atoms with Gasteiger partial charge in [0.15, 0.2) is 0 Å². The van der Waals surface area contributed by atoms with Crippen LogP contribution in [0.4, 0.5) is 0 Å². The largest absolute Gasteiger partial charge is 0.497 e. The number of piperidine rings is 1. The Bertz CT molecular complexity index is 1000. The van der Waals surface area contributed by atoms with Gasteiger partial charge in [0.1, 0.15) is 29.0 Å². The summed E-state index contributed by atoms with van der Waals surface area (Å²) < 4.78 is 18.8. The molecular weight excluding hydrogens is 366 g/mol. The minimum Gasteiger partial charge on any atom is -0.497 e. The number of methoxy groups -OCH3 is 2. The number of likely N-dealkylation sites (N-methyl/N-ethyl adjacent to an activating group) is 1. The summed E-state index contributed by atoms with van der Waals surface area (Å²) in [5.41, 5.74) is 2.18. The summed E-state index contributed by atoms with van der Waals surface area (Å²) in [6, 6.07) is 4.70. The van der Waals surface area contributed by atoms with E-state index in [4.69, 9.17) is 14.2 Å². The zero-order valence-electron chi connectivity index (χ0n) is 17.2. The van der Waals surface area contributed by atoms with Crippen molar-refractivity contribution in [1.29, 1.82) is 0 Å². The van der Waals surface area contributed by atoms with Crippen molar-refractivity contribution in [3.05, 3.63) is 35.4 Å². The van der Waals surface area contributed by atoms with E-state index in [0.717, 1.165) is 37.3 Å². The first-order valence-electron chi connectivity index (χ1n) is 10.9. The van der Waals surface area contributed by atoms with E-state index in [0.29, 0.717) is 18.2 Å². The van der Waals surface area contributed by atoms with Crippen LogP contribution in [0.15, 0.2) is 24.3 Å². The molecule has 1 aromatic carbocycles. The molecule has 7 aliphatic rings. The summed E-state index contributed by atoms with van der Waals surface area (Å²) in [7, 11) is 5.80. The minimum atomic E-state index is -0.528. The van der Waals surface area contributed by atoms with Crippen LogP contribution < -0.4 is 9.47 Å². The second-order valence-electron chi connectivity index (χ2n) is 10.1. The molecule has 5 nitrogen and oxygen atoms in total. The molecule has 7 atom stereocenters. The van der Waals surface area contributed by atoms with E-state index in [1.165, 1.54) is 11.1 Å². The van der Waals surface area contributed by atoms with Gasteiger partial charge >= 0.3 is 0 Å². The Kier molecular flexibility index (Phi) is 2.85. The topological polar surface area (TPSA) is 48.0 Å². The molecule has 7 unspecified atom stereocenters. The second-order valence-corrected chi connectivity index (χ2v) is 10.1. The normalized spacial score (nSPS) is 47.8. The average molecular weight is 393 g/mol. The zero-order chi connectivity index (χ0) is 19.8. The third-order valence-corrected chi connectivity index (χ3v) is 9.46. The summed E-state index contributed by atoms with van der Waals surface area (Å²) in [6.45, 7) is 1.07. The number of fused-ring (bicyclic) bond motifs is 1. The van der Waals surface area contributed by atoms with Gasteiger partial charge in [0.25, 0.3) is 0 Å². The third kappa shape index (κ3) is 1.58. The van der Waals surface area contributed by atoms with Crippen molar-refractivity contribution in [3.63, 3.8) is 0 Å². The van der Waals surface area contributed by atoms with Crippen LogP contribution in [0, 0.1) is 17.3 Å². The van der Waals surface area contributed by atoms with Gasteiger partial charge < -0.3 is 19.1 Å². The summed E-state index contributed by atoms with van der Waals surface area (Å²) in [5.74, 6) is 2.57. The fourth-order valence-corrected chi connectivity index (χ4v) is 8.23. The Balaban J connectivity index is 1.54. The van der Waals surface area contributed by atoms with Crippen LogP contribution in [-0.2, 0) is 21.4 Å². The number of Topliss-reactive ketones (excluding diaryl/α,β-unsaturated/α-hetero) is 1. The van der Waals surface area contributed by atoms with E-state index in [1.807, 2.05) is 7.11 Å². The van der Waals surface area contributed by atoms with Crippen molar-refractivity contribution in [3.8, 4) is 11.5 Å². The van der Waals surface area contributed by atoms with Gasteiger partial charge in [-0.1, -0.05) is 12.2 Å². The maximum absolute atomic E-state index is 12.3. The molecule has 29 heavy (non-hydrogen) atoms. The lowest BCUT2D eigenvalue weighted by atomic mass is 9.37. The van der Waals surface area contributed by atoms with Crippen LogP contribution in [0.5, 0.6) is 11.5 Å². The molecule has 5 aliphatic carbocycles. The number of likely N-dealkylation sites (tertiary alicyclic amines) is 1. The lowest BCUT2D eigenvalue weighted by Crippen LogP contribution is -2.79. The van der Waals surface area contributed by atoms with Crippen molar-refractivity contribution in [1.82, 2.24) is 4.90 Å². The second kappa shape index (κ2) is 4.89. The predicted octanol–water partition coefficient (Wildman–Crippen LogP) is 2.50. The first-order valence-corrected chi connectivity index (χ1v) is 10.9. The molecule has 2 heterocycles. The van der Waals surface area contributed by atoms with E-state index < -0.39 is 5.60 Å². The van der Waals surface area contributed by atoms with Crippen LogP contribution in [0.1, 0.15) is 30.4 Å². The molecule has 2 spiro atoms. The van der Waals surface area contributed by atoms with Gasteiger partial charge in [-0.2, -0.15) is 0 Å². The zero-order valence-corrected chi connectivity index (χ0v) is 17.2. The van der Waals surface area contributed by atoms with Gasteiger partial charge in [-0.15, -0.1) is 0 Å². The SMILES string of the molecule is COc1cc2c3c(c1)OC1C4(OC)C=CC5(CC4C4CC4=O)C(C2)N(C)CCC315. The standard InChI is InChI=1S/C24H27NO4/c1-25-7-6-23-20-13-8-14(27-2)10-18(20)29-21(23)24(28-3)5-4-22(23,19(25)9-13)12-16(24)15-11-17(15)26/h4-5,8,10,15-16,19,21H,6-7,9,11-12H2,1-3H3. The highest BCUT2D eigenvalue weighted by Gasteiger charge is 2.80. The van der Waals surface area contributed by atoms with Crippen molar-refractivity contribution in [2.24, 2.45) is 17.3 Å². The van der Waals surface area contributed by atoms with Crippen molar-refractivity contribution in [2.45, 2.75) is 48.8 Å². The molecule has 3 fully saturated rings. The quantitative estimate of drug-likeness (QED) is 0.739. The first-order chi connectivity index (χ1) is 14.0. The fraction of sp³-hybridized carbons (Fsp3) is 0.625. The van der Waals surface area contributed by atoms with Gasteiger partial charge in [-0.3, -0.25) is 4.79 Å². The van der Waals surface area contributed by atoms with Crippen LogP contribution in [0.25, 0.3) is 0 Å². The lowest BCUT2D eigenvalue weighted by Gasteiger charge is -2.71. The monoisotopic (exact) mass is 393 g/mol. The molecule has 4 bridgehead atoms. The molecule has 8 rings (SSSR count). The highest BCUT2D eigenvalue weighted by Crippen LogP contribution is 2.75. The van der Waals surface area contributed by atoms with E-state index in [9.17, 15) is 4.79 Å². The van der Waals surface area contributed by atoms with Crippen molar-refractivity contribution < 1.29 is 19.0 Å². The molecule has 2 saturated carbocycles.